The molecular weight excluding hydrogens is 373 g/mol. The normalized spacial score (nSPS) is 10.3. The van der Waals surface area contributed by atoms with Crippen LogP contribution in [-0.4, -0.2) is 11.7 Å². The van der Waals surface area contributed by atoms with Gasteiger partial charge in [0.05, 0.1) is 5.02 Å². The predicted molar refractivity (Wildman–Crippen MR) is 87.7 cm³/mol. The third kappa shape index (κ3) is 4.64. The van der Waals surface area contributed by atoms with Gasteiger partial charge < -0.3 is 5.32 Å². The summed E-state index contributed by atoms with van der Waals surface area (Å²) in [4.78, 5) is 23.7. The van der Waals surface area contributed by atoms with Crippen molar-refractivity contribution in [1.82, 2.24) is 0 Å². The second kappa shape index (κ2) is 7.51. The summed E-state index contributed by atoms with van der Waals surface area (Å²) in [5.74, 6) is -0.988. The Hall–Kier alpha value is -1.72. The average Bonchev–Trinajstić information content (AvgIpc) is 2.49. The molecule has 2 aromatic rings. The van der Waals surface area contributed by atoms with E-state index in [1.807, 2.05) is 0 Å². The highest BCUT2D eigenvalue weighted by atomic mass is 79.9. The summed E-state index contributed by atoms with van der Waals surface area (Å²) in [7, 11) is 0. The quantitative estimate of drug-likeness (QED) is 0.750. The van der Waals surface area contributed by atoms with Gasteiger partial charge in [-0.05, 0) is 30.3 Å². The lowest BCUT2D eigenvalue weighted by atomic mass is 10.1. The van der Waals surface area contributed by atoms with Gasteiger partial charge in [-0.2, -0.15) is 0 Å². The van der Waals surface area contributed by atoms with Crippen molar-refractivity contribution in [2.24, 2.45) is 0 Å². The van der Waals surface area contributed by atoms with Gasteiger partial charge in [0.2, 0.25) is 5.91 Å². The van der Waals surface area contributed by atoms with Gasteiger partial charge in [0.1, 0.15) is 5.82 Å². The summed E-state index contributed by atoms with van der Waals surface area (Å²) in [6.07, 6.45) is 0.145. The van der Waals surface area contributed by atoms with Crippen LogP contribution in [0.1, 0.15) is 23.2 Å². The molecule has 3 nitrogen and oxygen atoms in total. The average molecular weight is 385 g/mol. The van der Waals surface area contributed by atoms with E-state index in [1.54, 1.807) is 24.3 Å². The summed E-state index contributed by atoms with van der Waals surface area (Å²) in [5, 5.41) is 2.51. The zero-order chi connectivity index (χ0) is 16.1. The molecule has 0 spiro atoms. The highest BCUT2D eigenvalue weighted by molar-refractivity contribution is 9.10. The Morgan fingerprint density at radius 1 is 1.09 bits per heavy atom. The number of ketones is 1. The van der Waals surface area contributed by atoms with E-state index in [-0.39, 0.29) is 29.6 Å². The molecule has 0 radical (unpaired) electrons. The zero-order valence-electron chi connectivity index (χ0n) is 11.4. The van der Waals surface area contributed by atoms with Crippen LogP contribution in [0.25, 0.3) is 0 Å². The van der Waals surface area contributed by atoms with Crippen molar-refractivity contribution in [2.75, 3.05) is 5.32 Å². The molecule has 0 unspecified atom stereocenters. The van der Waals surface area contributed by atoms with E-state index in [4.69, 9.17) is 11.6 Å². The fourth-order valence-electron chi connectivity index (χ4n) is 1.80. The maximum Gasteiger partial charge on any atom is 0.224 e. The molecule has 2 aromatic carbocycles. The summed E-state index contributed by atoms with van der Waals surface area (Å²) >= 11 is 8.93. The fourth-order valence-corrected chi connectivity index (χ4v) is 2.25. The Labute approximate surface area is 140 Å². The molecular formula is C16H12BrClFNO2. The van der Waals surface area contributed by atoms with Gasteiger partial charge >= 0.3 is 0 Å². The minimum atomic E-state index is -0.551. The van der Waals surface area contributed by atoms with Crippen molar-refractivity contribution >= 4 is 44.9 Å². The lowest BCUT2D eigenvalue weighted by molar-refractivity contribution is -0.116. The van der Waals surface area contributed by atoms with Crippen molar-refractivity contribution in [3.63, 3.8) is 0 Å². The summed E-state index contributed by atoms with van der Waals surface area (Å²) < 4.78 is 13.9. The number of carbonyl (C=O) groups excluding carboxylic acids is 2. The van der Waals surface area contributed by atoms with E-state index >= 15 is 0 Å². The number of benzene rings is 2. The lowest BCUT2D eigenvalue weighted by Crippen LogP contribution is -2.13. The fraction of sp³-hybridized carbons (Fsp3) is 0.125. The summed E-state index contributed by atoms with van der Waals surface area (Å²) in [6, 6.07) is 10.8. The van der Waals surface area contributed by atoms with Crippen LogP contribution in [0.5, 0.6) is 0 Å². The first kappa shape index (κ1) is 16.6. The highest BCUT2D eigenvalue weighted by Crippen LogP contribution is 2.19. The van der Waals surface area contributed by atoms with Gasteiger partial charge in [0, 0.05) is 28.6 Å². The SMILES string of the molecule is O=C(CCC(=O)c1ccc(Br)cc1)Nc1ccc(F)c(Cl)c1. The van der Waals surface area contributed by atoms with Gasteiger partial charge in [-0.15, -0.1) is 0 Å². The maximum absolute atomic E-state index is 13.0. The molecule has 1 amide bonds. The smallest absolute Gasteiger partial charge is 0.224 e. The maximum atomic E-state index is 13.0. The second-order valence-electron chi connectivity index (χ2n) is 4.61. The monoisotopic (exact) mass is 383 g/mol. The Kier molecular flexibility index (Phi) is 5.69. The molecule has 22 heavy (non-hydrogen) atoms. The predicted octanol–water partition coefficient (Wildman–Crippen LogP) is 4.84. The van der Waals surface area contributed by atoms with Gasteiger partial charge in [-0.3, -0.25) is 9.59 Å². The van der Waals surface area contributed by atoms with Crippen molar-refractivity contribution < 1.29 is 14.0 Å². The third-order valence-corrected chi connectivity index (χ3v) is 3.77. The first-order valence-corrected chi connectivity index (χ1v) is 7.66. The van der Waals surface area contributed by atoms with Crippen molar-refractivity contribution in [3.8, 4) is 0 Å². The number of hydrogen-bond acceptors (Lipinski definition) is 2. The molecule has 0 saturated carbocycles. The van der Waals surface area contributed by atoms with Crippen LogP contribution >= 0.6 is 27.5 Å². The van der Waals surface area contributed by atoms with Crippen LogP contribution in [0.3, 0.4) is 0 Å². The first-order chi connectivity index (χ1) is 10.5. The number of nitrogens with one attached hydrogen (secondary N) is 1. The number of halogens is 3. The topological polar surface area (TPSA) is 46.2 Å². The Bertz CT molecular complexity index is 704. The molecule has 0 aromatic heterocycles. The number of carbonyl (C=O) groups is 2. The number of rotatable bonds is 5. The molecule has 0 aliphatic carbocycles. The second-order valence-corrected chi connectivity index (χ2v) is 5.93. The number of anilines is 1. The zero-order valence-corrected chi connectivity index (χ0v) is 13.7. The van der Waals surface area contributed by atoms with Crippen LogP contribution in [0.4, 0.5) is 10.1 Å². The van der Waals surface area contributed by atoms with Crippen LogP contribution < -0.4 is 5.32 Å². The molecule has 0 aliphatic heterocycles. The Balaban J connectivity index is 1.88. The van der Waals surface area contributed by atoms with E-state index in [2.05, 4.69) is 21.2 Å². The molecule has 0 fully saturated rings. The van der Waals surface area contributed by atoms with Gasteiger partial charge in [0.15, 0.2) is 5.78 Å². The molecule has 114 valence electrons. The molecule has 0 atom stereocenters. The van der Waals surface area contributed by atoms with Gasteiger partial charge in [0.25, 0.3) is 0 Å². The van der Waals surface area contributed by atoms with Crippen LogP contribution in [-0.2, 0) is 4.79 Å². The number of amides is 1. The molecule has 6 heteroatoms. The van der Waals surface area contributed by atoms with Crippen LogP contribution in [0.15, 0.2) is 46.9 Å². The highest BCUT2D eigenvalue weighted by Gasteiger charge is 2.10. The van der Waals surface area contributed by atoms with Crippen LogP contribution in [0, 0.1) is 5.82 Å². The summed E-state index contributed by atoms with van der Waals surface area (Å²) in [6.45, 7) is 0. The first-order valence-electron chi connectivity index (χ1n) is 6.49. The van der Waals surface area contributed by atoms with E-state index < -0.39 is 5.82 Å². The Morgan fingerprint density at radius 3 is 2.41 bits per heavy atom. The standard InChI is InChI=1S/C16H12BrClFNO2/c17-11-3-1-10(2-4-11)15(21)7-8-16(22)20-12-5-6-14(19)13(18)9-12/h1-6,9H,7-8H2,(H,20,22). The van der Waals surface area contributed by atoms with Crippen molar-refractivity contribution in [1.29, 1.82) is 0 Å². The van der Waals surface area contributed by atoms with Crippen molar-refractivity contribution in [3.05, 3.63) is 63.3 Å². The molecule has 0 saturated heterocycles. The Morgan fingerprint density at radius 2 is 1.77 bits per heavy atom. The summed E-state index contributed by atoms with van der Waals surface area (Å²) in [5.41, 5.74) is 0.952. The molecule has 1 N–H and O–H groups in total. The van der Waals surface area contributed by atoms with E-state index in [9.17, 15) is 14.0 Å². The van der Waals surface area contributed by atoms with E-state index in [1.165, 1.54) is 18.2 Å². The van der Waals surface area contributed by atoms with Gasteiger partial charge in [-0.25, -0.2) is 4.39 Å². The van der Waals surface area contributed by atoms with E-state index in [0.717, 1.165) is 4.47 Å². The largest absolute Gasteiger partial charge is 0.326 e. The third-order valence-electron chi connectivity index (χ3n) is 2.95. The number of Topliss-reactive ketones (excluding diaryl/α,β-unsaturated/α-hetero) is 1. The minimum absolute atomic E-state index is 0.0455. The van der Waals surface area contributed by atoms with Crippen molar-refractivity contribution in [2.45, 2.75) is 12.8 Å². The van der Waals surface area contributed by atoms with Gasteiger partial charge in [-0.1, -0.05) is 39.7 Å². The lowest BCUT2D eigenvalue weighted by Gasteiger charge is -2.06. The molecule has 0 heterocycles. The molecule has 0 bridgehead atoms. The number of hydrogen-bond donors (Lipinski definition) is 1. The van der Waals surface area contributed by atoms with E-state index in [0.29, 0.717) is 11.3 Å². The minimum Gasteiger partial charge on any atom is -0.326 e. The molecule has 0 aliphatic rings. The molecule has 2 rings (SSSR count). The van der Waals surface area contributed by atoms with Crippen LogP contribution in [0.2, 0.25) is 5.02 Å².